The molecule has 0 spiro atoms. The molecule has 0 saturated carbocycles. The van der Waals surface area contributed by atoms with E-state index < -0.39 is 0 Å². The number of rotatable bonds is 15. The molecule has 0 atom stereocenters. The van der Waals surface area contributed by atoms with E-state index in [9.17, 15) is 0 Å². The van der Waals surface area contributed by atoms with Crippen molar-refractivity contribution in [3.63, 3.8) is 0 Å². The van der Waals surface area contributed by atoms with Crippen LogP contribution in [0.2, 0.25) is 0 Å². The van der Waals surface area contributed by atoms with Gasteiger partial charge in [0.05, 0.1) is 0 Å². The first kappa shape index (κ1) is 65.5. The summed E-state index contributed by atoms with van der Waals surface area (Å²) in [4.78, 5) is 32.1. The topological polar surface area (TPSA) is 77.3 Å². The fraction of sp³-hybridized carbons (Fsp3) is 0. The van der Waals surface area contributed by atoms with Crippen molar-refractivity contribution < 1.29 is 0 Å². The van der Waals surface area contributed by atoms with Crippen molar-refractivity contribution in [1.29, 1.82) is 0 Å². The summed E-state index contributed by atoms with van der Waals surface area (Å²) in [6.45, 7) is 0. The summed E-state index contributed by atoms with van der Waals surface area (Å²) < 4.78 is 5.17. The van der Waals surface area contributed by atoms with Crippen molar-refractivity contribution in [3.05, 3.63) is 388 Å². The van der Waals surface area contributed by atoms with Crippen molar-refractivity contribution in [3.8, 4) is 168 Å². The van der Waals surface area contributed by atoms with Gasteiger partial charge in [0.15, 0.2) is 34.9 Å². The lowest BCUT2D eigenvalue weighted by Crippen LogP contribution is -2.01. The summed E-state index contributed by atoms with van der Waals surface area (Å²) in [6.07, 6.45) is 0. The summed E-state index contributed by atoms with van der Waals surface area (Å²) in [7, 11) is 0. The van der Waals surface area contributed by atoms with Gasteiger partial charge in [-0.15, -0.1) is 22.7 Å². The van der Waals surface area contributed by atoms with Gasteiger partial charge in [-0.1, -0.05) is 322 Å². The molecule has 514 valence electrons. The van der Waals surface area contributed by atoms with E-state index in [2.05, 4.69) is 376 Å². The minimum Gasteiger partial charge on any atom is -0.208 e. The van der Waals surface area contributed by atoms with Gasteiger partial charge in [-0.05, 0) is 167 Å². The average molecular weight is 1440 g/mol. The Labute approximate surface area is 645 Å². The average Bonchev–Trinajstić information content (AvgIpc) is 1.49. The first-order valence-corrected chi connectivity index (χ1v) is 38.6. The van der Waals surface area contributed by atoms with E-state index in [1.54, 1.807) is 0 Å². The highest BCUT2D eigenvalue weighted by atomic mass is 32.1. The lowest BCUT2D eigenvalue weighted by atomic mass is 9.92. The van der Waals surface area contributed by atoms with Gasteiger partial charge in [-0.3, -0.25) is 0 Å². The maximum absolute atomic E-state index is 5.42. The predicted octanol–water partition coefficient (Wildman–Crippen LogP) is 27.8. The Balaban J connectivity index is 0.636. The number of hydrogen-bond donors (Lipinski definition) is 0. The third-order valence-corrected chi connectivity index (χ3v) is 23.1. The largest absolute Gasteiger partial charge is 0.208 e. The number of benzene rings is 16. The Morgan fingerprint density at radius 1 is 0.136 bits per heavy atom. The van der Waals surface area contributed by atoms with Crippen molar-refractivity contribution in [2.24, 2.45) is 0 Å². The van der Waals surface area contributed by atoms with Crippen LogP contribution >= 0.6 is 22.7 Å². The summed E-state index contributed by atoms with van der Waals surface area (Å²) in [5.74, 6) is 3.51. The molecule has 6 nitrogen and oxygen atoms in total. The van der Waals surface area contributed by atoms with Gasteiger partial charge >= 0.3 is 0 Å². The third-order valence-electron chi connectivity index (χ3n) is 20.9. The van der Waals surface area contributed by atoms with Crippen molar-refractivity contribution in [1.82, 2.24) is 29.9 Å². The van der Waals surface area contributed by atoms with E-state index in [4.69, 9.17) is 29.9 Å². The number of hydrogen-bond acceptors (Lipinski definition) is 8. The van der Waals surface area contributed by atoms with Gasteiger partial charge in [0, 0.05) is 73.7 Å². The molecule has 20 aromatic rings. The molecule has 0 unspecified atom stereocenters. The van der Waals surface area contributed by atoms with Crippen LogP contribution in [0.25, 0.3) is 209 Å². The molecule has 0 aliphatic rings. The van der Waals surface area contributed by atoms with E-state index in [-0.39, 0.29) is 0 Å². The molecule has 0 N–H and O–H groups in total. The van der Waals surface area contributed by atoms with Crippen LogP contribution in [0.15, 0.2) is 388 Å². The van der Waals surface area contributed by atoms with Crippen molar-refractivity contribution in [2.75, 3.05) is 0 Å². The van der Waals surface area contributed by atoms with Gasteiger partial charge in [-0.25, -0.2) is 29.9 Å². The quantitative estimate of drug-likeness (QED) is 0.102. The molecule has 0 bridgehead atoms. The van der Waals surface area contributed by atoms with Crippen LogP contribution in [0.5, 0.6) is 0 Å². The zero-order valence-corrected chi connectivity index (χ0v) is 61.1. The second kappa shape index (κ2) is 28.4. The minimum atomic E-state index is 0.575. The van der Waals surface area contributed by atoms with Crippen LogP contribution < -0.4 is 0 Å². The zero-order valence-electron chi connectivity index (χ0n) is 59.5. The standard InChI is InChI=1S/C102H64N6S2/c1-4-22-65(23-5-1)74-30-19-36-82(61-74)99-104-98(71-52-48-67(49-53-71)73-29-18-35-81(60-73)85-42-21-45-94-96(85)90-41-13-15-44-93(90)109-94)106-102(108-99)89-57-55-79(63-91(89)69-26-8-3-9-27-69)76-32-16-28-72(58-76)66-46-50-70(51-47-66)97-103-100(107-101(105-97)88-40-11-10-38-84(88)68-24-6-2-7-25-68)83-37-20-34-78(62-83)75-31-17-33-77(59-75)80-54-56-87-86-39-12-14-43-92(86)110-95(87)64-80/h1-64H. The zero-order chi connectivity index (χ0) is 72.9. The molecular weight excluding hydrogens is 1370 g/mol. The molecule has 0 saturated heterocycles. The number of aromatic nitrogens is 6. The SMILES string of the molecule is c1ccc(-c2cccc(-c3nc(-c4ccc(-c5cccc(-c6cccc7sc8ccccc8c67)c5)cc4)nc(-c4ccc(-c5cccc(-c6ccc(-c7nc(-c8cccc(-c9cccc(-c%10ccc%11c(c%10)sc%10ccccc%10%11)c9)c8)nc(-c8ccccc8-c8ccccc8)n7)cc6)c5)cc4-c4ccccc4)n3)c2)cc1. The first-order chi connectivity index (χ1) is 54.4. The number of thiophene rings is 2. The molecule has 110 heavy (non-hydrogen) atoms. The lowest BCUT2D eigenvalue weighted by molar-refractivity contribution is 1.07. The van der Waals surface area contributed by atoms with Gasteiger partial charge in [0.25, 0.3) is 0 Å². The maximum Gasteiger partial charge on any atom is 0.164 e. The summed E-state index contributed by atoms with van der Waals surface area (Å²) in [6, 6.07) is 138. The van der Waals surface area contributed by atoms with Crippen molar-refractivity contribution >= 4 is 63.0 Å². The maximum atomic E-state index is 5.42. The summed E-state index contributed by atoms with van der Waals surface area (Å²) in [5.41, 5.74) is 25.2. The molecule has 0 aliphatic carbocycles. The smallest absolute Gasteiger partial charge is 0.164 e. The molecule has 0 radical (unpaired) electrons. The second-order valence-corrected chi connectivity index (χ2v) is 29.8. The molecule has 0 amide bonds. The molecule has 0 fully saturated rings. The normalized spacial score (nSPS) is 11.5. The van der Waals surface area contributed by atoms with Crippen LogP contribution in [-0.2, 0) is 0 Å². The first-order valence-electron chi connectivity index (χ1n) is 36.9. The van der Waals surface area contributed by atoms with Crippen LogP contribution in [-0.4, -0.2) is 29.9 Å². The third kappa shape index (κ3) is 12.7. The second-order valence-electron chi connectivity index (χ2n) is 27.7. The molecular formula is C102H64N6S2. The molecule has 0 aliphatic heterocycles. The summed E-state index contributed by atoms with van der Waals surface area (Å²) in [5, 5.41) is 5.18. The Hall–Kier alpha value is -14.0. The Kier molecular flexibility index (Phi) is 16.9. The van der Waals surface area contributed by atoms with E-state index in [0.717, 1.165) is 117 Å². The van der Waals surface area contributed by atoms with Gasteiger partial charge in [0.1, 0.15) is 0 Å². The molecule has 8 heteroatoms. The van der Waals surface area contributed by atoms with Crippen LogP contribution in [0, 0.1) is 0 Å². The van der Waals surface area contributed by atoms with E-state index in [1.165, 1.54) is 57.0 Å². The van der Waals surface area contributed by atoms with Gasteiger partial charge < -0.3 is 0 Å². The Morgan fingerprint density at radius 2 is 0.436 bits per heavy atom. The van der Waals surface area contributed by atoms with Gasteiger partial charge in [0.2, 0.25) is 0 Å². The van der Waals surface area contributed by atoms with E-state index >= 15 is 0 Å². The summed E-state index contributed by atoms with van der Waals surface area (Å²) >= 11 is 3.69. The minimum absolute atomic E-state index is 0.575. The highest BCUT2D eigenvalue weighted by Gasteiger charge is 2.22. The van der Waals surface area contributed by atoms with Crippen LogP contribution in [0.1, 0.15) is 0 Å². The van der Waals surface area contributed by atoms with Crippen LogP contribution in [0.4, 0.5) is 0 Å². The number of fused-ring (bicyclic) bond motifs is 6. The fourth-order valence-electron chi connectivity index (χ4n) is 15.3. The Bertz CT molecular complexity index is 6890. The molecule has 20 rings (SSSR count). The van der Waals surface area contributed by atoms with Gasteiger partial charge in [-0.2, -0.15) is 0 Å². The predicted molar refractivity (Wildman–Crippen MR) is 461 cm³/mol. The molecule has 16 aromatic carbocycles. The van der Waals surface area contributed by atoms with E-state index in [1.807, 2.05) is 34.8 Å². The Morgan fingerprint density at radius 3 is 0.991 bits per heavy atom. The molecule has 4 aromatic heterocycles. The highest BCUT2D eigenvalue weighted by Crippen LogP contribution is 2.44. The highest BCUT2D eigenvalue weighted by molar-refractivity contribution is 7.26. The lowest BCUT2D eigenvalue weighted by Gasteiger charge is -2.15. The fourth-order valence-corrected chi connectivity index (χ4v) is 17.6. The van der Waals surface area contributed by atoms with Crippen molar-refractivity contribution in [2.45, 2.75) is 0 Å². The van der Waals surface area contributed by atoms with E-state index in [0.29, 0.717) is 34.9 Å². The number of nitrogens with zero attached hydrogens (tertiary/aromatic N) is 6. The molecule has 4 heterocycles. The van der Waals surface area contributed by atoms with Crippen LogP contribution in [0.3, 0.4) is 0 Å². The monoisotopic (exact) mass is 1440 g/mol.